The Hall–Kier alpha value is -2.49. The van der Waals surface area contributed by atoms with Crippen LogP contribution in [0.5, 0.6) is 0 Å². The molecule has 0 bridgehead atoms. The summed E-state index contributed by atoms with van der Waals surface area (Å²) in [7, 11) is 0. The first-order chi connectivity index (χ1) is 9.83. The monoisotopic (exact) mass is 266 g/mol. The van der Waals surface area contributed by atoms with E-state index in [0.29, 0.717) is 6.67 Å². The first-order valence-electron chi connectivity index (χ1n) is 6.74. The van der Waals surface area contributed by atoms with Gasteiger partial charge in [-0.05, 0) is 24.6 Å². The molecule has 1 heterocycles. The SMILES string of the molecule is Cc1cccc(CN(c2ccccc2)N2C=NNC2)c1. The highest BCUT2D eigenvalue weighted by atomic mass is 15.7. The fraction of sp³-hybridized carbons (Fsp3) is 0.188. The summed E-state index contributed by atoms with van der Waals surface area (Å²) in [6.07, 6.45) is 1.82. The van der Waals surface area contributed by atoms with E-state index in [9.17, 15) is 0 Å². The number of hydrogen-bond donors (Lipinski definition) is 1. The van der Waals surface area contributed by atoms with Gasteiger partial charge >= 0.3 is 0 Å². The van der Waals surface area contributed by atoms with Gasteiger partial charge in [0.2, 0.25) is 0 Å². The molecule has 1 aliphatic heterocycles. The van der Waals surface area contributed by atoms with Crippen LogP contribution in [0.25, 0.3) is 0 Å². The van der Waals surface area contributed by atoms with Gasteiger partial charge in [-0.1, -0.05) is 48.0 Å². The van der Waals surface area contributed by atoms with Crippen molar-refractivity contribution < 1.29 is 0 Å². The molecular formula is C16H18N4. The van der Waals surface area contributed by atoms with Crippen molar-refractivity contribution >= 4 is 12.0 Å². The maximum Gasteiger partial charge on any atom is 0.132 e. The van der Waals surface area contributed by atoms with Crippen LogP contribution in [0.3, 0.4) is 0 Å². The second-order valence-corrected chi connectivity index (χ2v) is 4.88. The van der Waals surface area contributed by atoms with Gasteiger partial charge in [0.1, 0.15) is 13.0 Å². The van der Waals surface area contributed by atoms with Crippen LogP contribution in [0.1, 0.15) is 11.1 Å². The molecule has 102 valence electrons. The quantitative estimate of drug-likeness (QED) is 0.923. The molecule has 0 atom stereocenters. The van der Waals surface area contributed by atoms with E-state index in [0.717, 1.165) is 12.2 Å². The molecule has 0 aliphatic carbocycles. The topological polar surface area (TPSA) is 30.9 Å². The number of aryl methyl sites for hydroxylation is 1. The fourth-order valence-electron chi connectivity index (χ4n) is 2.32. The lowest BCUT2D eigenvalue weighted by Gasteiger charge is -2.32. The molecule has 3 rings (SSSR count). The Morgan fingerprint density at radius 3 is 2.70 bits per heavy atom. The summed E-state index contributed by atoms with van der Waals surface area (Å²) in [4.78, 5) is 0. The van der Waals surface area contributed by atoms with E-state index in [4.69, 9.17) is 0 Å². The minimum atomic E-state index is 0.695. The molecule has 0 aromatic heterocycles. The fourth-order valence-corrected chi connectivity index (χ4v) is 2.32. The standard InChI is InChI=1S/C16H18N4/c1-14-6-5-7-15(10-14)11-20(19-12-17-18-13-19)16-8-3-2-4-9-16/h2-10,12,18H,11,13H2,1H3. The smallest absolute Gasteiger partial charge is 0.132 e. The maximum atomic E-state index is 4.08. The van der Waals surface area contributed by atoms with Crippen LogP contribution >= 0.6 is 0 Å². The number of nitrogens with zero attached hydrogens (tertiary/aromatic N) is 3. The van der Waals surface area contributed by atoms with Gasteiger partial charge in [0.15, 0.2) is 0 Å². The minimum Gasteiger partial charge on any atom is -0.287 e. The number of benzene rings is 2. The Bertz CT molecular complexity index is 594. The van der Waals surface area contributed by atoms with Crippen LogP contribution in [0.2, 0.25) is 0 Å². The van der Waals surface area contributed by atoms with Crippen molar-refractivity contribution in [1.29, 1.82) is 0 Å². The summed E-state index contributed by atoms with van der Waals surface area (Å²) in [5.41, 5.74) is 6.70. The van der Waals surface area contributed by atoms with Gasteiger partial charge in [-0.15, -0.1) is 0 Å². The van der Waals surface area contributed by atoms with Gasteiger partial charge in [-0.25, -0.2) is 0 Å². The van der Waals surface area contributed by atoms with E-state index in [1.807, 2.05) is 12.4 Å². The second-order valence-electron chi connectivity index (χ2n) is 4.88. The van der Waals surface area contributed by atoms with Gasteiger partial charge in [-0.3, -0.25) is 15.4 Å². The molecule has 0 radical (unpaired) electrons. The number of hydrogen-bond acceptors (Lipinski definition) is 4. The van der Waals surface area contributed by atoms with Crippen molar-refractivity contribution in [2.75, 3.05) is 11.7 Å². The molecule has 0 unspecified atom stereocenters. The van der Waals surface area contributed by atoms with Crippen molar-refractivity contribution in [3.63, 3.8) is 0 Å². The van der Waals surface area contributed by atoms with Gasteiger partial charge in [-0.2, -0.15) is 5.10 Å². The number of para-hydroxylation sites is 1. The van der Waals surface area contributed by atoms with Crippen molar-refractivity contribution in [2.24, 2.45) is 5.10 Å². The number of anilines is 1. The number of hydrazine groups is 1. The predicted molar refractivity (Wildman–Crippen MR) is 82.1 cm³/mol. The molecule has 0 amide bonds. The first-order valence-corrected chi connectivity index (χ1v) is 6.74. The molecule has 4 heteroatoms. The Labute approximate surface area is 119 Å². The molecule has 1 N–H and O–H groups in total. The molecule has 0 saturated carbocycles. The Kier molecular flexibility index (Phi) is 3.54. The third-order valence-corrected chi connectivity index (χ3v) is 3.29. The number of nitrogens with one attached hydrogen (secondary N) is 1. The van der Waals surface area contributed by atoms with Crippen LogP contribution < -0.4 is 10.4 Å². The Morgan fingerprint density at radius 1 is 1.15 bits per heavy atom. The van der Waals surface area contributed by atoms with Gasteiger partial charge in [0.25, 0.3) is 0 Å². The van der Waals surface area contributed by atoms with Crippen molar-refractivity contribution in [2.45, 2.75) is 13.5 Å². The van der Waals surface area contributed by atoms with Crippen LogP contribution in [-0.4, -0.2) is 18.0 Å². The molecule has 2 aromatic carbocycles. The van der Waals surface area contributed by atoms with E-state index in [1.165, 1.54) is 11.1 Å². The molecule has 0 saturated heterocycles. The lowest BCUT2D eigenvalue weighted by atomic mass is 10.1. The first kappa shape index (κ1) is 12.5. The highest BCUT2D eigenvalue weighted by molar-refractivity contribution is 5.61. The second kappa shape index (κ2) is 5.65. The third kappa shape index (κ3) is 2.74. The van der Waals surface area contributed by atoms with E-state index < -0.39 is 0 Å². The summed E-state index contributed by atoms with van der Waals surface area (Å²) in [6, 6.07) is 19.0. The zero-order valence-electron chi connectivity index (χ0n) is 11.5. The number of hydrazone groups is 1. The zero-order chi connectivity index (χ0) is 13.8. The third-order valence-electron chi connectivity index (χ3n) is 3.29. The van der Waals surface area contributed by atoms with Crippen LogP contribution in [-0.2, 0) is 6.54 Å². The molecule has 0 spiro atoms. The maximum absolute atomic E-state index is 4.08. The van der Waals surface area contributed by atoms with E-state index >= 15 is 0 Å². The van der Waals surface area contributed by atoms with E-state index in [1.54, 1.807) is 0 Å². The van der Waals surface area contributed by atoms with Crippen LogP contribution in [0, 0.1) is 6.92 Å². The van der Waals surface area contributed by atoms with Crippen molar-refractivity contribution in [3.8, 4) is 0 Å². The number of rotatable bonds is 4. The predicted octanol–water partition coefficient (Wildman–Crippen LogP) is 2.72. The summed E-state index contributed by atoms with van der Waals surface area (Å²) in [5.74, 6) is 0. The molecule has 2 aromatic rings. The van der Waals surface area contributed by atoms with Gasteiger partial charge < -0.3 is 0 Å². The summed E-state index contributed by atoms with van der Waals surface area (Å²) >= 11 is 0. The largest absolute Gasteiger partial charge is 0.287 e. The average Bonchev–Trinajstić information content (AvgIpc) is 3.00. The van der Waals surface area contributed by atoms with E-state index in [2.05, 4.69) is 76.0 Å². The lowest BCUT2D eigenvalue weighted by Crippen LogP contribution is -2.41. The van der Waals surface area contributed by atoms with Crippen molar-refractivity contribution in [3.05, 3.63) is 65.7 Å². The van der Waals surface area contributed by atoms with Crippen molar-refractivity contribution in [1.82, 2.24) is 10.4 Å². The van der Waals surface area contributed by atoms with Crippen LogP contribution in [0.15, 0.2) is 59.7 Å². The Balaban J connectivity index is 1.88. The molecule has 20 heavy (non-hydrogen) atoms. The van der Waals surface area contributed by atoms with E-state index in [-0.39, 0.29) is 0 Å². The molecule has 1 aliphatic rings. The lowest BCUT2D eigenvalue weighted by molar-refractivity contribution is 0.393. The highest BCUT2D eigenvalue weighted by Gasteiger charge is 2.16. The molecular weight excluding hydrogens is 248 g/mol. The van der Waals surface area contributed by atoms with Gasteiger partial charge in [0, 0.05) is 0 Å². The molecule has 4 nitrogen and oxygen atoms in total. The normalized spacial score (nSPS) is 13.3. The summed E-state index contributed by atoms with van der Waals surface area (Å²) in [5, 5.41) is 8.38. The Morgan fingerprint density at radius 2 is 2.00 bits per heavy atom. The summed E-state index contributed by atoms with van der Waals surface area (Å²) in [6.45, 7) is 3.63. The summed E-state index contributed by atoms with van der Waals surface area (Å²) < 4.78 is 0. The average molecular weight is 266 g/mol. The highest BCUT2D eigenvalue weighted by Crippen LogP contribution is 2.19. The zero-order valence-corrected chi connectivity index (χ0v) is 11.5. The van der Waals surface area contributed by atoms with Gasteiger partial charge in [0.05, 0.1) is 12.2 Å². The minimum absolute atomic E-state index is 0.695. The molecule has 0 fully saturated rings. The van der Waals surface area contributed by atoms with Crippen LogP contribution in [0.4, 0.5) is 5.69 Å².